The Balaban J connectivity index is 0.000000605. The molecule has 0 spiro atoms. The summed E-state index contributed by atoms with van der Waals surface area (Å²) in [5.74, 6) is 2.14. The molecular weight excluding hydrogens is 132 g/mol. The van der Waals surface area contributed by atoms with Crippen LogP contribution in [0.2, 0.25) is 0 Å². The van der Waals surface area contributed by atoms with Crippen molar-refractivity contribution in [1.82, 2.24) is 0 Å². The van der Waals surface area contributed by atoms with Gasteiger partial charge in [0.2, 0.25) is 0 Å². The van der Waals surface area contributed by atoms with Gasteiger partial charge in [-0.2, -0.15) is 0 Å². The molecule has 2 atom stereocenters. The summed E-state index contributed by atoms with van der Waals surface area (Å²) in [5, 5.41) is 0. The molecule has 2 unspecified atom stereocenters. The summed E-state index contributed by atoms with van der Waals surface area (Å²) >= 11 is 0. The molecule has 1 saturated carbocycles. The lowest BCUT2D eigenvalue weighted by atomic mass is 9.73. The Bertz CT molecular complexity index is 119. The Hall–Kier alpha value is -0.260. The monoisotopic (exact) mass is 152 g/mol. The molecule has 1 fully saturated rings. The van der Waals surface area contributed by atoms with Crippen LogP contribution in [0.1, 0.15) is 46.0 Å². The molecule has 0 aromatic carbocycles. The van der Waals surface area contributed by atoms with Gasteiger partial charge >= 0.3 is 0 Å². The van der Waals surface area contributed by atoms with Gasteiger partial charge in [0.15, 0.2) is 0 Å². The Morgan fingerprint density at radius 3 is 1.73 bits per heavy atom. The fraction of sp³-hybridized carbons (Fsp3) is 0.818. The molecule has 0 bridgehead atoms. The number of hydrogen-bond acceptors (Lipinski definition) is 0. The molecule has 0 aromatic rings. The van der Waals surface area contributed by atoms with Crippen LogP contribution in [0.4, 0.5) is 0 Å². The molecule has 0 heterocycles. The van der Waals surface area contributed by atoms with Crippen LogP contribution in [-0.4, -0.2) is 0 Å². The first-order valence-electron chi connectivity index (χ1n) is 4.62. The second-order valence-corrected chi connectivity index (χ2v) is 3.75. The number of fused-ring (bicyclic) bond motifs is 1. The molecule has 0 heteroatoms. The zero-order valence-corrected chi connectivity index (χ0v) is 6.55. The zero-order chi connectivity index (χ0) is 6.81. The van der Waals surface area contributed by atoms with E-state index in [0.717, 1.165) is 11.8 Å². The molecule has 64 valence electrons. The minimum atomic E-state index is 0. The topological polar surface area (TPSA) is 0 Å². The third-order valence-electron chi connectivity index (χ3n) is 3.11. The van der Waals surface area contributed by atoms with Gasteiger partial charge in [-0.1, -0.05) is 32.4 Å². The number of hydrogen-bond donors (Lipinski definition) is 0. The highest BCUT2D eigenvalue weighted by molar-refractivity contribution is 4.95. The predicted molar refractivity (Wildman–Crippen MR) is 50.6 cm³/mol. The molecule has 0 aromatic heterocycles. The van der Waals surface area contributed by atoms with Crippen molar-refractivity contribution in [2.45, 2.75) is 46.0 Å². The fourth-order valence-electron chi connectivity index (χ4n) is 2.45. The Kier molecular flexibility index (Phi) is 3.16. The Morgan fingerprint density at radius 2 is 1.27 bits per heavy atom. The molecule has 2 rings (SSSR count). The third kappa shape index (κ3) is 1.85. The average molecular weight is 152 g/mol. The number of allylic oxidation sites excluding steroid dienone is 2. The van der Waals surface area contributed by atoms with Crippen LogP contribution in [0.15, 0.2) is 12.2 Å². The Labute approximate surface area is 70.7 Å². The van der Waals surface area contributed by atoms with E-state index in [1.165, 1.54) is 38.5 Å². The van der Waals surface area contributed by atoms with Gasteiger partial charge in [0.25, 0.3) is 0 Å². The fourth-order valence-corrected chi connectivity index (χ4v) is 2.45. The molecule has 2 aliphatic rings. The van der Waals surface area contributed by atoms with Gasteiger partial charge in [-0.15, -0.1) is 0 Å². The van der Waals surface area contributed by atoms with Crippen LogP contribution in [0, 0.1) is 11.8 Å². The quantitative estimate of drug-likeness (QED) is 0.463. The summed E-state index contributed by atoms with van der Waals surface area (Å²) < 4.78 is 0. The van der Waals surface area contributed by atoms with E-state index < -0.39 is 0 Å². The van der Waals surface area contributed by atoms with Crippen molar-refractivity contribution in [2.24, 2.45) is 11.8 Å². The van der Waals surface area contributed by atoms with Crippen LogP contribution < -0.4 is 0 Å². The van der Waals surface area contributed by atoms with Crippen molar-refractivity contribution in [3.05, 3.63) is 12.2 Å². The maximum absolute atomic E-state index is 2.38. The SMILES string of the molecule is C.C1=CCC2CCCCC2C1. The molecule has 0 nitrogen and oxygen atoms in total. The second-order valence-electron chi connectivity index (χ2n) is 3.75. The van der Waals surface area contributed by atoms with Crippen molar-refractivity contribution in [3.8, 4) is 0 Å². The molecule has 0 N–H and O–H groups in total. The standard InChI is InChI=1S/C10H16.CH4/c1-2-6-10-8-4-3-7-9(10)5-1;/h1-2,9-10H,3-8H2;1H4. The van der Waals surface area contributed by atoms with Crippen LogP contribution in [0.3, 0.4) is 0 Å². The first kappa shape index (κ1) is 8.83. The van der Waals surface area contributed by atoms with E-state index >= 15 is 0 Å². The lowest BCUT2D eigenvalue weighted by Crippen LogP contribution is -2.20. The molecule has 0 aliphatic heterocycles. The molecule has 0 radical (unpaired) electrons. The zero-order valence-electron chi connectivity index (χ0n) is 6.55. The molecule has 0 amide bonds. The summed E-state index contributed by atoms with van der Waals surface area (Å²) in [7, 11) is 0. The van der Waals surface area contributed by atoms with E-state index in [1.807, 2.05) is 0 Å². The summed E-state index contributed by atoms with van der Waals surface area (Å²) in [4.78, 5) is 0. The van der Waals surface area contributed by atoms with Crippen LogP contribution in [-0.2, 0) is 0 Å². The first-order chi connectivity index (χ1) is 4.97. The van der Waals surface area contributed by atoms with Crippen molar-refractivity contribution in [2.75, 3.05) is 0 Å². The van der Waals surface area contributed by atoms with Crippen molar-refractivity contribution in [1.29, 1.82) is 0 Å². The first-order valence-corrected chi connectivity index (χ1v) is 4.62. The normalized spacial score (nSPS) is 35.6. The summed E-state index contributed by atoms with van der Waals surface area (Å²) in [6, 6.07) is 0. The van der Waals surface area contributed by atoms with E-state index in [4.69, 9.17) is 0 Å². The molecular formula is C11H20. The Morgan fingerprint density at radius 1 is 0.818 bits per heavy atom. The van der Waals surface area contributed by atoms with Gasteiger partial charge in [-0.3, -0.25) is 0 Å². The average Bonchev–Trinajstić information content (AvgIpc) is 2.05. The van der Waals surface area contributed by atoms with Gasteiger partial charge in [-0.05, 0) is 37.5 Å². The van der Waals surface area contributed by atoms with Gasteiger partial charge in [0, 0.05) is 0 Å². The number of rotatable bonds is 0. The molecule has 0 saturated heterocycles. The van der Waals surface area contributed by atoms with Gasteiger partial charge < -0.3 is 0 Å². The van der Waals surface area contributed by atoms with Crippen molar-refractivity contribution >= 4 is 0 Å². The van der Waals surface area contributed by atoms with E-state index in [0.29, 0.717) is 0 Å². The summed E-state index contributed by atoms with van der Waals surface area (Å²) in [5.41, 5.74) is 0. The van der Waals surface area contributed by atoms with Crippen LogP contribution in [0.25, 0.3) is 0 Å². The minimum absolute atomic E-state index is 0. The van der Waals surface area contributed by atoms with Gasteiger partial charge in [-0.25, -0.2) is 0 Å². The molecule has 11 heavy (non-hydrogen) atoms. The highest BCUT2D eigenvalue weighted by atomic mass is 14.3. The van der Waals surface area contributed by atoms with Crippen molar-refractivity contribution in [3.63, 3.8) is 0 Å². The largest absolute Gasteiger partial charge is 0.0882 e. The van der Waals surface area contributed by atoms with E-state index in [2.05, 4.69) is 12.2 Å². The van der Waals surface area contributed by atoms with Gasteiger partial charge in [0.05, 0.1) is 0 Å². The lowest BCUT2D eigenvalue weighted by Gasteiger charge is -2.32. The van der Waals surface area contributed by atoms with Crippen LogP contribution in [0.5, 0.6) is 0 Å². The maximum atomic E-state index is 2.38. The van der Waals surface area contributed by atoms with Gasteiger partial charge in [0.1, 0.15) is 0 Å². The third-order valence-corrected chi connectivity index (χ3v) is 3.11. The minimum Gasteiger partial charge on any atom is -0.0882 e. The summed E-state index contributed by atoms with van der Waals surface area (Å²) in [6.45, 7) is 0. The highest BCUT2D eigenvalue weighted by Gasteiger charge is 2.24. The predicted octanol–water partition coefficient (Wildman–Crippen LogP) is 3.78. The van der Waals surface area contributed by atoms with Crippen molar-refractivity contribution < 1.29 is 0 Å². The van der Waals surface area contributed by atoms with Crippen LogP contribution >= 0.6 is 0 Å². The molecule has 2 aliphatic carbocycles. The smallest absolute Gasteiger partial charge is 0.0319 e. The maximum Gasteiger partial charge on any atom is -0.0319 e. The second kappa shape index (κ2) is 3.94. The van der Waals surface area contributed by atoms with E-state index in [-0.39, 0.29) is 7.43 Å². The summed E-state index contributed by atoms with van der Waals surface area (Å²) in [6.07, 6.45) is 13.5. The highest BCUT2D eigenvalue weighted by Crippen LogP contribution is 2.37. The lowest BCUT2D eigenvalue weighted by molar-refractivity contribution is 0.231. The van der Waals surface area contributed by atoms with E-state index in [1.54, 1.807) is 0 Å². The van der Waals surface area contributed by atoms with E-state index in [9.17, 15) is 0 Å².